The van der Waals surface area contributed by atoms with Gasteiger partial charge in [0, 0.05) is 17.8 Å². The highest BCUT2D eigenvalue weighted by Crippen LogP contribution is 2.17. The molecule has 0 bridgehead atoms. The van der Waals surface area contributed by atoms with Gasteiger partial charge in [0.25, 0.3) is 5.69 Å². The van der Waals surface area contributed by atoms with Gasteiger partial charge < -0.3 is 10.6 Å². The van der Waals surface area contributed by atoms with Crippen LogP contribution in [-0.2, 0) is 0 Å². The van der Waals surface area contributed by atoms with Crippen LogP contribution >= 0.6 is 0 Å². The fourth-order valence-electron chi connectivity index (χ4n) is 1.64. The maximum absolute atomic E-state index is 11.8. The van der Waals surface area contributed by atoms with Crippen molar-refractivity contribution in [3.63, 3.8) is 0 Å². The van der Waals surface area contributed by atoms with Crippen LogP contribution in [0.5, 0.6) is 0 Å². The number of carbonyl (C=O) groups is 1. The molecule has 7 nitrogen and oxygen atoms in total. The van der Waals surface area contributed by atoms with E-state index in [0.29, 0.717) is 16.9 Å². The van der Waals surface area contributed by atoms with E-state index in [2.05, 4.69) is 10.6 Å². The number of nitro benzene ring substituents is 1. The van der Waals surface area contributed by atoms with Crippen molar-refractivity contribution in [3.8, 4) is 6.07 Å². The second-order valence-electron chi connectivity index (χ2n) is 4.04. The van der Waals surface area contributed by atoms with Gasteiger partial charge in [0.2, 0.25) is 0 Å². The molecule has 0 radical (unpaired) electrons. The maximum atomic E-state index is 11.8. The SMILES string of the molecule is N#Cc1ccccc1NC(=O)Nc1ccc([N+](=O)[O-])cc1. The Labute approximate surface area is 120 Å². The van der Waals surface area contributed by atoms with Gasteiger partial charge in [0.1, 0.15) is 6.07 Å². The van der Waals surface area contributed by atoms with E-state index < -0.39 is 11.0 Å². The normalized spacial score (nSPS) is 9.48. The smallest absolute Gasteiger partial charge is 0.308 e. The highest BCUT2D eigenvalue weighted by Gasteiger charge is 2.08. The first-order valence-electron chi connectivity index (χ1n) is 5.92. The first kappa shape index (κ1) is 14.0. The molecule has 2 rings (SSSR count). The van der Waals surface area contributed by atoms with Crippen molar-refractivity contribution in [2.45, 2.75) is 0 Å². The first-order valence-corrected chi connectivity index (χ1v) is 5.92. The van der Waals surface area contributed by atoms with Gasteiger partial charge in [-0.05, 0) is 24.3 Å². The second-order valence-corrected chi connectivity index (χ2v) is 4.04. The molecule has 0 atom stereocenters. The van der Waals surface area contributed by atoms with Crippen LogP contribution in [0.15, 0.2) is 48.5 Å². The minimum atomic E-state index is -0.536. The number of anilines is 2. The molecule has 7 heteroatoms. The number of urea groups is 1. The number of hydrogen-bond acceptors (Lipinski definition) is 4. The number of para-hydroxylation sites is 1. The van der Waals surface area contributed by atoms with Crippen LogP contribution in [0.2, 0.25) is 0 Å². The highest BCUT2D eigenvalue weighted by atomic mass is 16.6. The summed E-state index contributed by atoms with van der Waals surface area (Å²) in [4.78, 5) is 21.8. The Morgan fingerprint density at radius 1 is 1.10 bits per heavy atom. The zero-order valence-electron chi connectivity index (χ0n) is 10.7. The Bertz CT molecular complexity index is 720. The first-order chi connectivity index (χ1) is 10.1. The summed E-state index contributed by atoms with van der Waals surface area (Å²) in [7, 11) is 0. The largest absolute Gasteiger partial charge is 0.323 e. The molecule has 0 unspecified atom stereocenters. The third-order valence-corrected chi connectivity index (χ3v) is 2.63. The van der Waals surface area contributed by atoms with E-state index in [1.165, 1.54) is 24.3 Å². The van der Waals surface area contributed by atoms with Crippen molar-refractivity contribution in [1.29, 1.82) is 5.26 Å². The number of nitriles is 1. The van der Waals surface area contributed by atoms with Crippen LogP contribution in [0, 0.1) is 21.4 Å². The fraction of sp³-hybridized carbons (Fsp3) is 0. The summed E-state index contributed by atoms with van der Waals surface area (Å²) in [6.45, 7) is 0. The molecular weight excluding hydrogens is 272 g/mol. The molecule has 0 aliphatic heterocycles. The molecule has 0 aliphatic rings. The molecule has 2 amide bonds. The van der Waals surface area contributed by atoms with Crippen molar-refractivity contribution in [1.82, 2.24) is 0 Å². The van der Waals surface area contributed by atoms with Gasteiger partial charge >= 0.3 is 6.03 Å². The molecule has 0 saturated heterocycles. The molecule has 104 valence electrons. The predicted octanol–water partition coefficient (Wildman–Crippen LogP) is 3.11. The predicted molar refractivity (Wildman–Crippen MR) is 76.9 cm³/mol. The van der Waals surface area contributed by atoms with Crippen molar-refractivity contribution in [2.75, 3.05) is 10.6 Å². The second kappa shape index (κ2) is 6.16. The van der Waals surface area contributed by atoms with Crippen LogP contribution in [0.1, 0.15) is 5.56 Å². The zero-order valence-corrected chi connectivity index (χ0v) is 10.7. The average molecular weight is 282 g/mol. The van der Waals surface area contributed by atoms with E-state index in [1.807, 2.05) is 6.07 Å². The topological polar surface area (TPSA) is 108 Å². The lowest BCUT2D eigenvalue weighted by Gasteiger charge is -2.08. The van der Waals surface area contributed by atoms with Gasteiger partial charge in [-0.1, -0.05) is 12.1 Å². The third-order valence-electron chi connectivity index (χ3n) is 2.63. The van der Waals surface area contributed by atoms with Crippen molar-refractivity contribution in [3.05, 3.63) is 64.2 Å². The molecule has 0 aromatic heterocycles. The summed E-state index contributed by atoms with van der Waals surface area (Å²) in [5.41, 5.74) is 1.08. The molecule has 2 aromatic rings. The van der Waals surface area contributed by atoms with E-state index in [-0.39, 0.29) is 5.69 Å². The molecule has 2 N–H and O–H groups in total. The van der Waals surface area contributed by atoms with Crippen molar-refractivity contribution in [2.24, 2.45) is 0 Å². The van der Waals surface area contributed by atoms with E-state index in [4.69, 9.17) is 5.26 Å². The van der Waals surface area contributed by atoms with Crippen molar-refractivity contribution < 1.29 is 9.72 Å². The molecule has 0 aliphatic carbocycles. The number of benzene rings is 2. The molecule has 2 aromatic carbocycles. The van der Waals surface area contributed by atoms with Gasteiger partial charge in [-0.25, -0.2) is 4.79 Å². The maximum Gasteiger partial charge on any atom is 0.323 e. The quantitative estimate of drug-likeness (QED) is 0.665. The third kappa shape index (κ3) is 3.54. The number of amides is 2. The van der Waals surface area contributed by atoms with Gasteiger partial charge in [0.15, 0.2) is 0 Å². The Hall–Kier alpha value is -3.40. The number of nitrogens with one attached hydrogen (secondary N) is 2. The lowest BCUT2D eigenvalue weighted by atomic mass is 10.2. The van der Waals surface area contributed by atoms with Gasteiger partial charge in [0.05, 0.1) is 16.2 Å². The van der Waals surface area contributed by atoms with Crippen LogP contribution in [0.3, 0.4) is 0 Å². The van der Waals surface area contributed by atoms with Gasteiger partial charge in [-0.15, -0.1) is 0 Å². The molecule has 0 fully saturated rings. The Morgan fingerprint density at radius 3 is 2.38 bits per heavy atom. The minimum Gasteiger partial charge on any atom is -0.308 e. The number of carbonyl (C=O) groups excluding carboxylic acids is 1. The number of nitrogens with zero attached hydrogens (tertiary/aromatic N) is 2. The summed E-state index contributed by atoms with van der Waals surface area (Å²) < 4.78 is 0. The van der Waals surface area contributed by atoms with E-state index in [9.17, 15) is 14.9 Å². The van der Waals surface area contributed by atoms with Crippen LogP contribution in [0.25, 0.3) is 0 Å². The van der Waals surface area contributed by atoms with Crippen molar-refractivity contribution >= 4 is 23.1 Å². The van der Waals surface area contributed by atoms with Gasteiger partial charge in [-0.3, -0.25) is 10.1 Å². The summed E-state index contributed by atoms with van der Waals surface area (Å²) >= 11 is 0. The average Bonchev–Trinajstić information content (AvgIpc) is 2.48. The summed E-state index contributed by atoms with van der Waals surface area (Å²) in [5.74, 6) is 0. The summed E-state index contributed by atoms with van der Waals surface area (Å²) in [6.07, 6.45) is 0. The molecule has 0 heterocycles. The molecule has 21 heavy (non-hydrogen) atoms. The van der Waals surface area contributed by atoms with E-state index >= 15 is 0 Å². The summed E-state index contributed by atoms with van der Waals surface area (Å²) in [6, 6.07) is 13.4. The Morgan fingerprint density at radius 2 is 1.76 bits per heavy atom. The molecular formula is C14H10N4O3. The standard InChI is InChI=1S/C14H10N4O3/c15-9-10-3-1-2-4-13(10)17-14(19)16-11-5-7-12(8-6-11)18(20)21/h1-8H,(H2,16,17,19). The Balaban J connectivity index is 2.05. The summed E-state index contributed by atoms with van der Waals surface area (Å²) in [5, 5.41) is 24.5. The number of non-ortho nitro benzene ring substituents is 1. The molecule has 0 saturated carbocycles. The zero-order chi connectivity index (χ0) is 15.2. The number of rotatable bonds is 3. The Kier molecular flexibility index (Phi) is 4.11. The molecule has 0 spiro atoms. The van der Waals surface area contributed by atoms with E-state index in [1.54, 1.807) is 24.3 Å². The van der Waals surface area contributed by atoms with Gasteiger partial charge in [-0.2, -0.15) is 5.26 Å². The van der Waals surface area contributed by atoms with Crippen LogP contribution in [0.4, 0.5) is 21.9 Å². The number of nitro groups is 1. The van der Waals surface area contributed by atoms with Crippen LogP contribution in [-0.4, -0.2) is 11.0 Å². The van der Waals surface area contributed by atoms with Crippen LogP contribution < -0.4 is 10.6 Å². The fourth-order valence-corrected chi connectivity index (χ4v) is 1.64. The number of hydrogen-bond donors (Lipinski definition) is 2. The highest BCUT2D eigenvalue weighted by molar-refractivity contribution is 6.00. The minimum absolute atomic E-state index is 0.0595. The lowest BCUT2D eigenvalue weighted by molar-refractivity contribution is -0.384. The lowest BCUT2D eigenvalue weighted by Crippen LogP contribution is -2.19. The van der Waals surface area contributed by atoms with E-state index in [0.717, 1.165) is 0 Å². The monoisotopic (exact) mass is 282 g/mol.